The fourth-order valence-electron chi connectivity index (χ4n) is 2.06. The first kappa shape index (κ1) is 22.6. The second-order valence-electron chi connectivity index (χ2n) is 4.93. The predicted molar refractivity (Wildman–Crippen MR) is 110 cm³/mol. The summed E-state index contributed by atoms with van der Waals surface area (Å²) < 4.78 is 15.7. The van der Waals surface area contributed by atoms with Crippen LogP contribution >= 0.6 is 31.9 Å². The first-order chi connectivity index (χ1) is 12.7. The molecular weight excluding hydrogens is 486 g/mol. The molecule has 8 nitrogen and oxygen atoms in total. The Bertz CT molecular complexity index is 859. The van der Waals surface area contributed by atoms with Crippen LogP contribution in [0.5, 0.6) is 11.5 Å². The third-order valence-electron chi connectivity index (χ3n) is 3.39. The summed E-state index contributed by atoms with van der Waals surface area (Å²) in [5.41, 5.74) is 17.5. The van der Waals surface area contributed by atoms with Gasteiger partial charge in [0, 0.05) is 8.95 Å². The Morgan fingerprint density at radius 2 is 1.22 bits per heavy atom. The second-order valence-corrected chi connectivity index (χ2v) is 6.64. The average Bonchev–Trinajstić information content (AvgIpc) is 2.62. The highest BCUT2D eigenvalue weighted by atomic mass is 79.9. The van der Waals surface area contributed by atoms with E-state index in [4.69, 9.17) is 26.7 Å². The molecule has 6 N–H and O–H groups in total. The van der Waals surface area contributed by atoms with Gasteiger partial charge in [-0.15, -0.1) is 0 Å². The molecule has 0 aromatic heterocycles. The van der Waals surface area contributed by atoms with Crippen molar-refractivity contribution in [1.29, 1.82) is 0 Å². The van der Waals surface area contributed by atoms with Gasteiger partial charge in [0.15, 0.2) is 0 Å². The van der Waals surface area contributed by atoms with Gasteiger partial charge in [0.1, 0.15) is 17.1 Å². The van der Waals surface area contributed by atoms with Gasteiger partial charge in [-0.25, -0.2) is 4.79 Å². The molecule has 0 saturated carbocycles. The van der Waals surface area contributed by atoms with Crippen LogP contribution in [0.4, 0.5) is 11.4 Å². The Balaban J connectivity index is 0.000000271. The van der Waals surface area contributed by atoms with Crippen LogP contribution in [-0.4, -0.2) is 33.2 Å². The largest absolute Gasteiger partial charge is 0.495 e. The summed E-state index contributed by atoms with van der Waals surface area (Å²) in [5.74, 6) is -0.179. The van der Waals surface area contributed by atoms with Gasteiger partial charge in [-0.05, 0) is 56.1 Å². The van der Waals surface area contributed by atoms with Crippen molar-refractivity contribution >= 4 is 55.1 Å². The zero-order chi connectivity index (χ0) is 20.7. The van der Waals surface area contributed by atoms with E-state index in [1.165, 1.54) is 21.3 Å². The smallest absolute Gasteiger partial charge is 0.341 e. The maximum absolute atomic E-state index is 11.3. The number of nitrogen functional groups attached to an aromatic ring is 2. The highest BCUT2D eigenvalue weighted by Crippen LogP contribution is 2.32. The van der Waals surface area contributed by atoms with Crippen molar-refractivity contribution in [3.05, 3.63) is 44.3 Å². The average molecular weight is 505 g/mol. The molecule has 0 aliphatic carbocycles. The minimum atomic E-state index is -0.580. The third kappa shape index (κ3) is 5.27. The van der Waals surface area contributed by atoms with Crippen LogP contribution in [0, 0.1) is 0 Å². The summed E-state index contributed by atoms with van der Waals surface area (Å²) in [4.78, 5) is 22.3. The molecule has 2 aromatic carbocycles. The molecule has 0 fully saturated rings. The molecule has 2 aromatic rings. The fraction of sp³-hybridized carbons (Fsp3) is 0.176. The summed E-state index contributed by atoms with van der Waals surface area (Å²) in [6.07, 6.45) is 0. The number of carbonyl (C=O) groups excluding carboxylic acids is 2. The number of amides is 1. The molecule has 0 aliphatic rings. The fourth-order valence-corrected chi connectivity index (χ4v) is 3.11. The highest BCUT2D eigenvalue weighted by Gasteiger charge is 2.17. The maximum Gasteiger partial charge on any atom is 0.341 e. The lowest BCUT2D eigenvalue weighted by Gasteiger charge is -2.09. The van der Waals surface area contributed by atoms with Gasteiger partial charge in [0.25, 0.3) is 5.91 Å². The molecule has 10 heteroatoms. The molecule has 0 bridgehead atoms. The minimum absolute atomic E-state index is 0.249. The van der Waals surface area contributed by atoms with Gasteiger partial charge in [0.2, 0.25) is 0 Å². The normalized spacial score (nSPS) is 9.67. The van der Waals surface area contributed by atoms with E-state index in [1.54, 1.807) is 24.3 Å². The van der Waals surface area contributed by atoms with Crippen LogP contribution in [-0.2, 0) is 4.74 Å². The molecule has 0 aliphatic heterocycles. The van der Waals surface area contributed by atoms with Crippen molar-refractivity contribution in [2.75, 3.05) is 32.8 Å². The third-order valence-corrected chi connectivity index (χ3v) is 4.71. The van der Waals surface area contributed by atoms with E-state index in [1.807, 2.05) is 0 Å². The van der Waals surface area contributed by atoms with Crippen LogP contribution in [0.3, 0.4) is 0 Å². The lowest BCUT2D eigenvalue weighted by Crippen LogP contribution is -2.14. The number of methoxy groups -OCH3 is 3. The summed E-state index contributed by atoms with van der Waals surface area (Å²) in [7, 11) is 4.26. The van der Waals surface area contributed by atoms with Gasteiger partial charge in [-0.3, -0.25) is 4.79 Å². The van der Waals surface area contributed by atoms with Crippen LogP contribution in [0.1, 0.15) is 20.7 Å². The minimum Gasteiger partial charge on any atom is -0.495 e. The van der Waals surface area contributed by atoms with Gasteiger partial charge in [0.05, 0.1) is 38.3 Å². The van der Waals surface area contributed by atoms with Crippen molar-refractivity contribution in [2.45, 2.75) is 0 Å². The molecule has 0 unspecified atom stereocenters. The Hall–Kier alpha value is -2.46. The number of hydrogen-bond acceptors (Lipinski definition) is 7. The van der Waals surface area contributed by atoms with Crippen LogP contribution in [0.15, 0.2) is 33.2 Å². The predicted octanol–water partition coefficient (Wildman–Crippen LogP) is 2.97. The standard InChI is InChI=1S/C9H10BrNO3.C8H9BrN2O2/c1-13-6-4-3-5(10)7(8(6)11)9(12)14-2;1-13-5-3-2-4(9)6(7(5)10)8(11)12/h3-4H,11H2,1-2H3;2-3H,10H2,1H3,(H2,11,12). The molecule has 1 amide bonds. The molecule has 27 heavy (non-hydrogen) atoms. The van der Waals surface area contributed by atoms with Crippen LogP contribution in [0.25, 0.3) is 0 Å². The van der Waals surface area contributed by atoms with E-state index >= 15 is 0 Å². The number of anilines is 2. The maximum atomic E-state index is 11.3. The van der Waals surface area contributed by atoms with E-state index in [-0.39, 0.29) is 22.5 Å². The molecule has 0 saturated heterocycles. The number of rotatable bonds is 4. The summed E-state index contributed by atoms with van der Waals surface area (Å²) >= 11 is 6.39. The molecule has 0 atom stereocenters. The Morgan fingerprint density at radius 3 is 1.59 bits per heavy atom. The molecule has 146 valence electrons. The number of ether oxygens (including phenoxy) is 3. The number of primary amides is 1. The molecule has 0 spiro atoms. The monoisotopic (exact) mass is 503 g/mol. The van der Waals surface area contributed by atoms with Crippen molar-refractivity contribution in [1.82, 2.24) is 0 Å². The van der Waals surface area contributed by atoms with Gasteiger partial charge >= 0.3 is 5.97 Å². The highest BCUT2D eigenvalue weighted by molar-refractivity contribution is 9.10. The molecular formula is C17H19Br2N3O5. The number of nitrogens with two attached hydrogens (primary N) is 3. The Kier molecular flexibility index (Phi) is 8.38. The second kappa shape index (κ2) is 10.0. The van der Waals surface area contributed by atoms with E-state index in [0.717, 1.165) is 0 Å². The lowest BCUT2D eigenvalue weighted by molar-refractivity contribution is 0.0600. The number of hydrogen-bond donors (Lipinski definition) is 3. The number of halogens is 2. The number of esters is 1. The summed E-state index contributed by atoms with van der Waals surface area (Å²) in [5, 5.41) is 0. The van der Waals surface area contributed by atoms with E-state index < -0.39 is 11.9 Å². The SMILES string of the molecule is COC(=O)c1c(Br)ccc(OC)c1N.COc1ccc(Br)c(C(N)=O)c1N. The van der Waals surface area contributed by atoms with Gasteiger partial charge in [-0.2, -0.15) is 0 Å². The quantitative estimate of drug-likeness (QED) is 0.429. The summed E-state index contributed by atoms with van der Waals surface area (Å²) in [6.45, 7) is 0. The Morgan fingerprint density at radius 1 is 0.815 bits per heavy atom. The van der Waals surface area contributed by atoms with Crippen LogP contribution < -0.4 is 26.7 Å². The van der Waals surface area contributed by atoms with E-state index in [0.29, 0.717) is 20.4 Å². The lowest BCUT2D eigenvalue weighted by atomic mass is 10.1. The van der Waals surface area contributed by atoms with E-state index in [2.05, 4.69) is 36.6 Å². The van der Waals surface area contributed by atoms with Crippen molar-refractivity contribution in [2.24, 2.45) is 5.73 Å². The zero-order valence-electron chi connectivity index (χ0n) is 14.8. The number of carbonyl (C=O) groups is 2. The van der Waals surface area contributed by atoms with E-state index in [9.17, 15) is 9.59 Å². The van der Waals surface area contributed by atoms with Gasteiger partial charge in [-0.1, -0.05) is 0 Å². The van der Waals surface area contributed by atoms with Crippen LogP contribution in [0.2, 0.25) is 0 Å². The molecule has 0 heterocycles. The molecule has 2 rings (SSSR count). The van der Waals surface area contributed by atoms with Gasteiger partial charge < -0.3 is 31.4 Å². The topological polar surface area (TPSA) is 140 Å². The number of benzene rings is 2. The Labute approximate surface area is 173 Å². The van der Waals surface area contributed by atoms with Crippen molar-refractivity contribution in [3.63, 3.8) is 0 Å². The summed E-state index contributed by atoms with van der Waals surface area (Å²) in [6, 6.07) is 6.68. The first-order valence-corrected chi connectivity index (χ1v) is 8.90. The zero-order valence-corrected chi connectivity index (χ0v) is 18.0. The first-order valence-electron chi connectivity index (χ1n) is 7.31. The van der Waals surface area contributed by atoms with Crippen molar-refractivity contribution < 1.29 is 23.8 Å². The van der Waals surface area contributed by atoms with Crippen molar-refractivity contribution in [3.8, 4) is 11.5 Å². The molecule has 0 radical (unpaired) electrons.